The molecule has 1 unspecified atom stereocenters. The largest absolute Gasteiger partial charge is 0.389 e. The topological polar surface area (TPSA) is 20.2 Å². The molecule has 0 bridgehead atoms. The summed E-state index contributed by atoms with van der Waals surface area (Å²) in [6.07, 6.45) is -0.817. The molecule has 0 aliphatic heterocycles. The minimum atomic E-state index is -0.817. The van der Waals surface area contributed by atoms with Gasteiger partial charge in [0.15, 0.2) is 0 Å². The fourth-order valence-electron chi connectivity index (χ4n) is 2.16. The van der Waals surface area contributed by atoms with E-state index in [1.807, 2.05) is 18.2 Å². The number of hydrogen-bond acceptors (Lipinski definition) is 2. The van der Waals surface area contributed by atoms with Crippen LogP contribution in [0.15, 0.2) is 52.3 Å². The third kappa shape index (κ3) is 3.86. The van der Waals surface area contributed by atoms with Crippen LogP contribution in [0.5, 0.6) is 0 Å². The van der Waals surface area contributed by atoms with E-state index >= 15 is 0 Å². The van der Waals surface area contributed by atoms with Crippen LogP contribution in [0.2, 0.25) is 0 Å². The molecule has 0 heterocycles. The standard InChI is InChI=1S/C18H21FOS/c1-12(20)17-15(19)6-5-7-16(17)21-14-10-8-13(9-11-14)18(2,3)4/h5-12,20H,1-4H3. The monoisotopic (exact) mass is 304 g/mol. The fourth-order valence-corrected chi connectivity index (χ4v) is 3.21. The van der Waals surface area contributed by atoms with Crippen molar-refractivity contribution in [1.29, 1.82) is 0 Å². The SMILES string of the molecule is CC(O)c1c(F)cccc1Sc1ccc(C(C)(C)C)cc1. The number of benzene rings is 2. The van der Waals surface area contributed by atoms with Crippen LogP contribution in [0, 0.1) is 5.82 Å². The zero-order valence-corrected chi connectivity index (χ0v) is 13.7. The van der Waals surface area contributed by atoms with Crippen LogP contribution in [0.25, 0.3) is 0 Å². The van der Waals surface area contributed by atoms with Crippen molar-refractivity contribution in [3.8, 4) is 0 Å². The zero-order chi connectivity index (χ0) is 15.6. The summed E-state index contributed by atoms with van der Waals surface area (Å²) < 4.78 is 13.9. The molecule has 2 rings (SSSR count). The summed E-state index contributed by atoms with van der Waals surface area (Å²) in [5.74, 6) is -0.360. The second kappa shape index (κ2) is 6.20. The summed E-state index contributed by atoms with van der Waals surface area (Å²) in [6.45, 7) is 8.11. The Morgan fingerprint density at radius 1 is 1.05 bits per heavy atom. The van der Waals surface area contributed by atoms with Gasteiger partial charge in [-0.25, -0.2) is 4.39 Å². The van der Waals surface area contributed by atoms with Crippen LogP contribution >= 0.6 is 11.8 Å². The van der Waals surface area contributed by atoms with Gasteiger partial charge in [-0.2, -0.15) is 0 Å². The molecule has 0 fully saturated rings. The van der Waals surface area contributed by atoms with Crippen molar-refractivity contribution in [3.05, 3.63) is 59.4 Å². The maximum absolute atomic E-state index is 13.9. The summed E-state index contributed by atoms with van der Waals surface area (Å²) in [4.78, 5) is 1.80. The minimum absolute atomic E-state index is 0.118. The molecular weight excluding hydrogens is 283 g/mol. The first-order valence-corrected chi connectivity index (χ1v) is 7.85. The van der Waals surface area contributed by atoms with Crippen molar-refractivity contribution in [3.63, 3.8) is 0 Å². The highest BCUT2D eigenvalue weighted by atomic mass is 32.2. The minimum Gasteiger partial charge on any atom is -0.389 e. The van der Waals surface area contributed by atoms with Crippen molar-refractivity contribution in [2.75, 3.05) is 0 Å². The molecule has 1 atom stereocenters. The lowest BCUT2D eigenvalue weighted by atomic mass is 9.87. The van der Waals surface area contributed by atoms with E-state index < -0.39 is 6.10 Å². The number of aliphatic hydroxyl groups is 1. The normalized spacial score (nSPS) is 13.2. The van der Waals surface area contributed by atoms with Gasteiger partial charge in [0.1, 0.15) is 5.82 Å². The Kier molecular flexibility index (Phi) is 4.74. The van der Waals surface area contributed by atoms with E-state index in [2.05, 4.69) is 32.9 Å². The van der Waals surface area contributed by atoms with Gasteiger partial charge in [-0.05, 0) is 42.2 Å². The lowest BCUT2D eigenvalue weighted by molar-refractivity contribution is 0.191. The molecule has 0 aliphatic carbocycles. The first kappa shape index (κ1) is 16.1. The van der Waals surface area contributed by atoms with Gasteiger partial charge < -0.3 is 5.11 Å². The molecule has 0 aliphatic rings. The Morgan fingerprint density at radius 2 is 1.67 bits per heavy atom. The molecule has 0 saturated carbocycles. The molecule has 0 aromatic heterocycles. The van der Waals surface area contributed by atoms with E-state index in [4.69, 9.17) is 0 Å². The molecule has 0 radical (unpaired) electrons. The summed E-state index contributed by atoms with van der Waals surface area (Å²) >= 11 is 1.48. The first-order chi connectivity index (χ1) is 9.79. The highest BCUT2D eigenvalue weighted by Gasteiger charge is 2.16. The Balaban J connectivity index is 2.29. The third-order valence-corrected chi connectivity index (χ3v) is 4.46. The van der Waals surface area contributed by atoms with Crippen LogP contribution in [-0.4, -0.2) is 5.11 Å². The molecular formula is C18H21FOS. The number of halogens is 1. The Bertz CT molecular complexity index is 612. The van der Waals surface area contributed by atoms with E-state index in [-0.39, 0.29) is 11.2 Å². The Hall–Kier alpha value is -1.32. The molecule has 1 nitrogen and oxygen atoms in total. The summed E-state index contributed by atoms with van der Waals surface area (Å²) in [5.41, 5.74) is 1.75. The average Bonchev–Trinajstić information content (AvgIpc) is 2.38. The summed E-state index contributed by atoms with van der Waals surface area (Å²) in [5, 5.41) is 9.76. The second-order valence-corrected chi connectivity index (χ2v) is 7.32. The predicted molar refractivity (Wildman–Crippen MR) is 86.3 cm³/mol. The van der Waals surface area contributed by atoms with Crippen LogP contribution in [0.3, 0.4) is 0 Å². The molecule has 21 heavy (non-hydrogen) atoms. The van der Waals surface area contributed by atoms with Gasteiger partial charge in [-0.15, -0.1) is 0 Å². The van der Waals surface area contributed by atoms with Crippen molar-refractivity contribution in [2.45, 2.75) is 49.0 Å². The van der Waals surface area contributed by atoms with Gasteiger partial charge in [0.05, 0.1) is 6.10 Å². The zero-order valence-electron chi connectivity index (χ0n) is 12.9. The van der Waals surface area contributed by atoms with E-state index in [9.17, 15) is 9.50 Å². The van der Waals surface area contributed by atoms with E-state index in [0.29, 0.717) is 5.56 Å². The summed E-state index contributed by atoms with van der Waals surface area (Å²) in [7, 11) is 0. The van der Waals surface area contributed by atoms with Crippen molar-refractivity contribution >= 4 is 11.8 Å². The van der Waals surface area contributed by atoms with Gasteiger partial charge in [0.25, 0.3) is 0 Å². The Morgan fingerprint density at radius 3 is 2.19 bits per heavy atom. The number of rotatable bonds is 3. The smallest absolute Gasteiger partial charge is 0.130 e. The molecule has 2 aromatic carbocycles. The van der Waals surface area contributed by atoms with Crippen LogP contribution < -0.4 is 0 Å². The van der Waals surface area contributed by atoms with Gasteiger partial charge in [-0.3, -0.25) is 0 Å². The highest BCUT2D eigenvalue weighted by Crippen LogP contribution is 2.35. The molecule has 2 aromatic rings. The molecule has 0 saturated heterocycles. The van der Waals surface area contributed by atoms with Crippen molar-refractivity contribution < 1.29 is 9.50 Å². The van der Waals surface area contributed by atoms with Crippen molar-refractivity contribution in [1.82, 2.24) is 0 Å². The van der Waals surface area contributed by atoms with Crippen LogP contribution in [0.4, 0.5) is 4.39 Å². The summed E-state index contributed by atoms with van der Waals surface area (Å²) in [6, 6.07) is 13.2. The molecule has 0 amide bonds. The fraction of sp³-hybridized carbons (Fsp3) is 0.333. The third-order valence-electron chi connectivity index (χ3n) is 3.38. The molecule has 0 spiro atoms. The highest BCUT2D eigenvalue weighted by molar-refractivity contribution is 7.99. The Labute approximate surface area is 130 Å². The maximum atomic E-state index is 13.9. The lowest BCUT2D eigenvalue weighted by Crippen LogP contribution is -2.10. The van der Waals surface area contributed by atoms with Crippen LogP contribution in [-0.2, 0) is 5.41 Å². The quantitative estimate of drug-likeness (QED) is 0.827. The van der Waals surface area contributed by atoms with Gasteiger partial charge in [-0.1, -0.05) is 50.7 Å². The predicted octanol–water partition coefficient (Wildman–Crippen LogP) is 5.33. The molecule has 112 valence electrons. The molecule has 1 N–H and O–H groups in total. The lowest BCUT2D eigenvalue weighted by Gasteiger charge is -2.19. The van der Waals surface area contributed by atoms with E-state index in [1.54, 1.807) is 13.0 Å². The molecule has 3 heteroatoms. The number of aliphatic hydroxyl groups excluding tert-OH is 1. The van der Waals surface area contributed by atoms with E-state index in [0.717, 1.165) is 9.79 Å². The van der Waals surface area contributed by atoms with Gasteiger partial charge in [0.2, 0.25) is 0 Å². The first-order valence-electron chi connectivity index (χ1n) is 7.04. The maximum Gasteiger partial charge on any atom is 0.130 e. The van der Waals surface area contributed by atoms with Gasteiger partial charge >= 0.3 is 0 Å². The average molecular weight is 304 g/mol. The van der Waals surface area contributed by atoms with Crippen molar-refractivity contribution in [2.24, 2.45) is 0 Å². The van der Waals surface area contributed by atoms with Crippen LogP contribution in [0.1, 0.15) is 44.9 Å². The van der Waals surface area contributed by atoms with Gasteiger partial charge in [0, 0.05) is 15.4 Å². The van der Waals surface area contributed by atoms with E-state index in [1.165, 1.54) is 23.4 Å². The number of hydrogen-bond donors (Lipinski definition) is 1. The second-order valence-electron chi connectivity index (χ2n) is 6.20.